The van der Waals surface area contributed by atoms with Crippen LogP contribution in [-0.4, -0.2) is 28.9 Å². The second-order valence-corrected chi connectivity index (χ2v) is 5.84. The van der Waals surface area contributed by atoms with E-state index in [1.165, 1.54) is 19.1 Å². The third-order valence-electron chi connectivity index (χ3n) is 3.12. The molecular formula is C17H15BrN2O5. The normalized spacial score (nSPS) is 12.3. The first-order chi connectivity index (χ1) is 11.9. The zero-order chi connectivity index (χ0) is 18.4. The van der Waals surface area contributed by atoms with Crippen molar-refractivity contribution < 1.29 is 23.9 Å². The number of carboxylic acids is 1. The van der Waals surface area contributed by atoms with Gasteiger partial charge in [0, 0.05) is 0 Å². The molecule has 1 aromatic carbocycles. The van der Waals surface area contributed by atoms with Gasteiger partial charge in [0.2, 0.25) is 0 Å². The lowest BCUT2D eigenvalue weighted by Gasteiger charge is -2.13. The molecule has 2 amide bonds. The summed E-state index contributed by atoms with van der Waals surface area (Å²) in [6.45, 7) is 1.33. The average molecular weight is 407 g/mol. The van der Waals surface area contributed by atoms with Crippen LogP contribution < -0.4 is 10.6 Å². The van der Waals surface area contributed by atoms with Gasteiger partial charge >= 0.3 is 5.97 Å². The van der Waals surface area contributed by atoms with E-state index in [0.717, 1.165) is 0 Å². The first kappa shape index (κ1) is 18.5. The van der Waals surface area contributed by atoms with Gasteiger partial charge in [0.05, 0.1) is 0 Å². The van der Waals surface area contributed by atoms with Crippen LogP contribution in [0.1, 0.15) is 23.0 Å². The topological polar surface area (TPSA) is 109 Å². The molecule has 1 unspecified atom stereocenters. The minimum Gasteiger partial charge on any atom is -0.480 e. The number of rotatable bonds is 6. The Morgan fingerprint density at radius 2 is 1.84 bits per heavy atom. The summed E-state index contributed by atoms with van der Waals surface area (Å²) < 4.78 is 5.52. The lowest BCUT2D eigenvalue weighted by Crippen LogP contribution is -2.42. The second-order valence-electron chi connectivity index (χ2n) is 5.06. The maximum Gasteiger partial charge on any atom is 0.325 e. The molecule has 25 heavy (non-hydrogen) atoms. The summed E-state index contributed by atoms with van der Waals surface area (Å²) in [6, 6.07) is 10.7. The van der Waals surface area contributed by atoms with E-state index >= 15 is 0 Å². The molecular weight excluding hydrogens is 392 g/mol. The van der Waals surface area contributed by atoms with E-state index in [0.29, 0.717) is 10.2 Å². The summed E-state index contributed by atoms with van der Waals surface area (Å²) in [7, 11) is 0. The van der Waals surface area contributed by atoms with E-state index < -0.39 is 23.8 Å². The molecule has 1 atom stereocenters. The van der Waals surface area contributed by atoms with Gasteiger partial charge in [-0.2, -0.15) is 0 Å². The van der Waals surface area contributed by atoms with E-state index in [2.05, 4.69) is 26.6 Å². The van der Waals surface area contributed by atoms with Gasteiger partial charge in [0.15, 0.2) is 10.4 Å². The number of nitrogens with one attached hydrogen (secondary N) is 2. The highest BCUT2D eigenvalue weighted by atomic mass is 79.9. The van der Waals surface area contributed by atoms with Crippen molar-refractivity contribution in [3.8, 4) is 0 Å². The van der Waals surface area contributed by atoms with Crippen LogP contribution in [0.25, 0.3) is 6.08 Å². The number of carbonyl (C=O) groups is 3. The molecule has 1 aromatic heterocycles. The molecule has 2 aromatic rings. The Morgan fingerprint density at radius 1 is 1.16 bits per heavy atom. The maximum absolute atomic E-state index is 12.3. The first-order valence-electron chi connectivity index (χ1n) is 7.24. The minimum atomic E-state index is -1.19. The van der Waals surface area contributed by atoms with Crippen molar-refractivity contribution in [2.24, 2.45) is 0 Å². The molecule has 0 saturated carbocycles. The summed E-state index contributed by atoms with van der Waals surface area (Å²) in [5, 5.41) is 13.7. The molecule has 2 rings (SSSR count). The van der Waals surface area contributed by atoms with Crippen molar-refractivity contribution in [2.45, 2.75) is 13.0 Å². The van der Waals surface area contributed by atoms with Crippen molar-refractivity contribution in [3.63, 3.8) is 0 Å². The van der Waals surface area contributed by atoms with Crippen molar-refractivity contribution in [1.29, 1.82) is 0 Å². The Hall–Kier alpha value is -2.87. The Kier molecular flexibility index (Phi) is 6.13. The zero-order valence-electron chi connectivity index (χ0n) is 13.2. The number of aliphatic carboxylic acids is 1. The number of amides is 2. The second kappa shape index (κ2) is 8.29. The molecule has 1 heterocycles. The van der Waals surface area contributed by atoms with Crippen LogP contribution in [0.3, 0.4) is 0 Å². The Bertz CT molecular complexity index is 813. The fraction of sp³-hybridized carbons (Fsp3) is 0.118. The molecule has 0 aliphatic rings. The van der Waals surface area contributed by atoms with Crippen LogP contribution in [0.2, 0.25) is 0 Å². The summed E-state index contributed by atoms with van der Waals surface area (Å²) in [4.78, 5) is 35.5. The van der Waals surface area contributed by atoms with Crippen LogP contribution in [0.5, 0.6) is 0 Å². The maximum atomic E-state index is 12.3. The van der Waals surface area contributed by atoms with Gasteiger partial charge in [-0.3, -0.25) is 14.4 Å². The van der Waals surface area contributed by atoms with Crippen LogP contribution in [0.4, 0.5) is 0 Å². The number of benzene rings is 1. The lowest BCUT2D eigenvalue weighted by molar-refractivity contribution is -0.140. The smallest absolute Gasteiger partial charge is 0.325 e. The highest BCUT2D eigenvalue weighted by Gasteiger charge is 2.20. The van der Waals surface area contributed by atoms with Crippen molar-refractivity contribution in [3.05, 3.63) is 64.2 Å². The summed E-state index contributed by atoms with van der Waals surface area (Å²) in [5.74, 6) is -2.54. The summed E-state index contributed by atoms with van der Waals surface area (Å²) in [5.41, 5.74) is 0.563. The number of furan rings is 1. The lowest BCUT2D eigenvalue weighted by atomic mass is 10.2. The molecule has 130 valence electrons. The highest BCUT2D eigenvalue weighted by molar-refractivity contribution is 9.10. The monoisotopic (exact) mass is 406 g/mol. The van der Waals surface area contributed by atoms with Gasteiger partial charge in [0.1, 0.15) is 11.7 Å². The van der Waals surface area contributed by atoms with Crippen LogP contribution in [0.15, 0.2) is 57.2 Å². The summed E-state index contributed by atoms with van der Waals surface area (Å²) in [6.07, 6.45) is 1.44. The van der Waals surface area contributed by atoms with E-state index in [1.54, 1.807) is 30.3 Å². The number of hydrogen-bond donors (Lipinski definition) is 3. The molecule has 0 fully saturated rings. The number of carboxylic acid groups (broad SMARTS) is 1. The average Bonchev–Trinajstić information content (AvgIpc) is 3.01. The Balaban J connectivity index is 2.25. The van der Waals surface area contributed by atoms with Crippen molar-refractivity contribution >= 4 is 39.8 Å². The fourth-order valence-corrected chi connectivity index (χ4v) is 2.14. The van der Waals surface area contributed by atoms with E-state index in [-0.39, 0.29) is 11.5 Å². The van der Waals surface area contributed by atoms with Crippen LogP contribution >= 0.6 is 15.9 Å². The molecule has 8 heteroatoms. The van der Waals surface area contributed by atoms with Crippen LogP contribution in [-0.2, 0) is 9.59 Å². The van der Waals surface area contributed by atoms with E-state index in [4.69, 9.17) is 9.52 Å². The SMILES string of the molecule is CC(NC(=O)/C(=C\c1ccccc1)NC(=O)c1ccc(Br)o1)C(=O)O. The number of carbonyl (C=O) groups excluding carboxylic acids is 2. The molecule has 0 spiro atoms. The minimum absolute atomic E-state index is 0.00456. The van der Waals surface area contributed by atoms with Crippen molar-refractivity contribution in [2.75, 3.05) is 0 Å². The fourth-order valence-electron chi connectivity index (χ4n) is 1.83. The van der Waals surface area contributed by atoms with Gasteiger partial charge < -0.3 is 20.2 Å². The standard InChI is InChI=1S/C17H15BrN2O5/c1-10(17(23)24)19-15(21)12(9-11-5-3-2-4-6-11)20-16(22)13-7-8-14(18)25-13/h2-10H,1H3,(H,19,21)(H,20,22)(H,23,24)/b12-9+. The zero-order valence-corrected chi connectivity index (χ0v) is 14.7. The summed E-state index contributed by atoms with van der Waals surface area (Å²) >= 11 is 3.09. The molecule has 0 aliphatic heterocycles. The van der Waals surface area contributed by atoms with Gasteiger partial charge in [-0.05, 0) is 46.6 Å². The predicted molar refractivity (Wildman–Crippen MR) is 93.5 cm³/mol. The first-order valence-corrected chi connectivity index (χ1v) is 8.03. The van der Waals surface area contributed by atoms with Gasteiger partial charge in [-0.1, -0.05) is 30.3 Å². The number of halogens is 1. The van der Waals surface area contributed by atoms with E-state index in [9.17, 15) is 14.4 Å². The Labute approximate surface area is 151 Å². The molecule has 7 nitrogen and oxygen atoms in total. The van der Waals surface area contributed by atoms with E-state index in [1.807, 2.05) is 6.07 Å². The molecule has 0 radical (unpaired) electrons. The largest absolute Gasteiger partial charge is 0.480 e. The highest BCUT2D eigenvalue weighted by Crippen LogP contribution is 2.14. The molecule has 0 bridgehead atoms. The quantitative estimate of drug-likeness (QED) is 0.638. The van der Waals surface area contributed by atoms with Crippen molar-refractivity contribution in [1.82, 2.24) is 10.6 Å². The van der Waals surface area contributed by atoms with Gasteiger partial charge in [-0.15, -0.1) is 0 Å². The van der Waals surface area contributed by atoms with Gasteiger partial charge in [0.25, 0.3) is 11.8 Å². The molecule has 3 N–H and O–H groups in total. The van der Waals surface area contributed by atoms with Gasteiger partial charge in [-0.25, -0.2) is 0 Å². The number of hydrogen-bond acceptors (Lipinski definition) is 4. The van der Waals surface area contributed by atoms with Crippen LogP contribution in [0, 0.1) is 0 Å². The molecule has 0 saturated heterocycles. The molecule has 0 aliphatic carbocycles. The third kappa shape index (κ3) is 5.32. The Morgan fingerprint density at radius 3 is 2.40 bits per heavy atom. The predicted octanol–water partition coefficient (Wildman–Crippen LogP) is 2.40. The third-order valence-corrected chi connectivity index (χ3v) is 3.54.